The van der Waals surface area contributed by atoms with Gasteiger partial charge in [0.05, 0.1) is 12.1 Å². The van der Waals surface area contributed by atoms with Gasteiger partial charge in [0.2, 0.25) is 5.91 Å². The lowest BCUT2D eigenvalue weighted by atomic mass is 10.0. The summed E-state index contributed by atoms with van der Waals surface area (Å²) in [6, 6.07) is 12.7. The Bertz CT molecular complexity index is 605. The molecule has 0 aliphatic rings. The van der Waals surface area contributed by atoms with Crippen molar-refractivity contribution >= 4 is 17.2 Å². The smallest absolute Gasteiger partial charge is 0.237 e. The molecule has 2 N–H and O–H groups in total. The molecule has 1 aromatic carbocycles. The minimum atomic E-state index is -0.254. The fourth-order valence-corrected chi connectivity index (χ4v) is 3.29. The number of amides is 1. The first-order valence-electron chi connectivity index (χ1n) is 8.20. The topological polar surface area (TPSA) is 41.1 Å². The maximum atomic E-state index is 12.2. The Morgan fingerprint density at radius 2 is 1.83 bits per heavy atom. The van der Waals surface area contributed by atoms with E-state index in [0.717, 1.165) is 6.42 Å². The van der Waals surface area contributed by atoms with Crippen molar-refractivity contribution in [3.05, 3.63) is 57.8 Å². The van der Waals surface area contributed by atoms with Crippen LogP contribution in [-0.2, 0) is 11.2 Å². The summed E-state index contributed by atoms with van der Waals surface area (Å²) in [5.41, 5.74) is 2.51. The van der Waals surface area contributed by atoms with Crippen LogP contribution in [0.4, 0.5) is 0 Å². The van der Waals surface area contributed by atoms with Crippen LogP contribution in [0.5, 0.6) is 0 Å². The van der Waals surface area contributed by atoms with E-state index in [4.69, 9.17) is 0 Å². The highest BCUT2D eigenvalue weighted by Crippen LogP contribution is 2.27. The Labute approximate surface area is 143 Å². The lowest BCUT2D eigenvalue weighted by Gasteiger charge is -2.23. The second-order valence-corrected chi connectivity index (χ2v) is 7.07. The highest BCUT2D eigenvalue weighted by atomic mass is 32.1. The zero-order valence-corrected chi connectivity index (χ0v) is 15.1. The van der Waals surface area contributed by atoms with Gasteiger partial charge in [-0.1, -0.05) is 37.3 Å². The predicted octanol–water partition coefficient (Wildman–Crippen LogP) is 3.90. The van der Waals surface area contributed by atoms with E-state index in [9.17, 15) is 4.79 Å². The van der Waals surface area contributed by atoms with Gasteiger partial charge < -0.3 is 5.32 Å². The molecule has 1 heterocycles. The van der Waals surface area contributed by atoms with Crippen molar-refractivity contribution in [2.75, 3.05) is 0 Å². The number of benzene rings is 1. The third-order valence-electron chi connectivity index (χ3n) is 3.79. The van der Waals surface area contributed by atoms with E-state index in [0.29, 0.717) is 0 Å². The van der Waals surface area contributed by atoms with E-state index in [1.165, 1.54) is 16.0 Å². The summed E-state index contributed by atoms with van der Waals surface area (Å²) in [4.78, 5) is 13.4. The molecule has 2 rings (SSSR count). The number of thiophene rings is 1. The summed E-state index contributed by atoms with van der Waals surface area (Å²) < 4.78 is 0. The molecule has 2 atom stereocenters. The number of hydrogen-bond acceptors (Lipinski definition) is 3. The van der Waals surface area contributed by atoms with E-state index in [1.54, 1.807) is 11.3 Å². The molecule has 0 unspecified atom stereocenters. The molecule has 0 bridgehead atoms. The Morgan fingerprint density at radius 3 is 2.35 bits per heavy atom. The lowest BCUT2D eigenvalue weighted by Crippen LogP contribution is -2.45. The number of carbonyl (C=O) groups is 1. The van der Waals surface area contributed by atoms with Crippen LogP contribution in [0, 0.1) is 0 Å². The molecule has 0 saturated heterocycles. The molecular formula is C19H26N2OS. The van der Waals surface area contributed by atoms with Gasteiger partial charge >= 0.3 is 0 Å². The van der Waals surface area contributed by atoms with E-state index in [1.807, 2.05) is 26.8 Å². The van der Waals surface area contributed by atoms with Crippen molar-refractivity contribution in [1.29, 1.82) is 0 Å². The van der Waals surface area contributed by atoms with E-state index in [-0.39, 0.29) is 24.0 Å². The molecule has 124 valence electrons. The second-order valence-electron chi connectivity index (χ2n) is 6.10. The van der Waals surface area contributed by atoms with Crippen molar-refractivity contribution in [2.45, 2.75) is 52.2 Å². The van der Waals surface area contributed by atoms with E-state index >= 15 is 0 Å². The molecule has 0 saturated carbocycles. The summed E-state index contributed by atoms with van der Waals surface area (Å²) in [6.07, 6.45) is 1.03. The van der Waals surface area contributed by atoms with Gasteiger partial charge in [-0.15, -0.1) is 11.3 Å². The summed E-state index contributed by atoms with van der Waals surface area (Å²) in [5, 5.41) is 8.51. The molecule has 2 aromatic rings. The van der Waals surface area contributed by atoms with Crippen LogP contribution in [0.1, 0.15) is 49.7 Å². The van der Waals surface area contributed by atoms with Crippen LogP contribution in [0.3, 0.4) is 0 Å². The predicted molar refractivity (Wildman–Crippen MR) is 97.9 cm³/mol. The monoisotopic (exact) mass is 330 g/mol. The largest absolute Gasteiger partial charge is 0.353 e. The van der Waals surface area contributed by atoms with Crippen LogP contribution in [0.25, 0.3) is 0 Å². The first-order chi connectivity index (χ1) is 11.0. The Morgan fingerprint density at radius 1 is 1.13 bits per heavy atom. The van der Waals surface area contributed by atoms with Gasteiger partial charge in [-0.25, -0.2) is 0 Å². The van der Waals surface area contributed by atoms with Crippen LogP contribution in [0.2, 0.25) is 0 Å². The maximum absolute atomic E-state index is 12.2. The molecule has 0 spiro atoms. The van der Waals surface area contributed by atoms with Crippen LogP contribution in [0.15, 0.2) is 41.8 Å². The van der Waals surface area contributed by atoms with Gasteiger partial charge in [0.1, 0.15) is 0 Å². The number of nitrogens with one attached hydrogen (secondary N) is 2. The highest BCUT2D eigenvalue weighted by Gasteiger charge is 2.21. The normalized spacial score (nSPS) is 13.8. The summed E-state index contributed by atoms with van der Waals surface area (Å²) in [6.45, 7) is 8.02. The Balaban J connectivity index is 2.19. The molecule has 0 fully saturated rings. The van der Waals surface area contributed by atoms with Gasteiger partial charge in [-0.2, -0.15) is 0 Å². The maximum Gasteiger partial charge on any atom is 0.237 e. The van der Waals surface area contributed by atoms with Crippen LogP contribution < -0.4 is 10.6 Å². The number of hydrogen-bond donors (Lipinski definition) is 2. The minimum Gasteiger partial charge on any atom is -0.353 e. The summed E-state index contributed by atoms with van der Waals surface area (Å²) in [5.74, 6) is 0.0340. The molecule has 0 radical (unpaired) electrons. The molecule has 23 heavy (non-hydrogen) atoms. The third-order valence-corrected chi connectivity index (χ3v) is 4.73. The molecule has 0 aliphatic heterocycles. The number of rotatable bonds is 7. The molecule has 4 heteroatoms. The third kappa shape index (κ3) is 4.91. The van der Waals surface area contributed by atoms with Crippen LogP contribution >= 0.6 is 11.3 Å². The average Bonchev–Trinajstić information content (AvgIpc) is 3.06. The van der Waals surface area contributed by atoms with Gasteiger partial charge in [0.25, 0.3) is 0 Å². The van der Waals surface area contributed by atoms with Crippen molar-refractivity contribution in [1.82, 2.24) is 10.6 Å². The molecular weight excluding hydrogens is 304 g/mol. The first-order valence-corrected chi connectivity index (χ1v) is 9.08. The first kappa shape index (κ1) is 17.7. The lowest BCUT2D eigenvalue weighted by molar-refractivity contribution is -0.123. The SMILES string of the molecule is CCc1ccc([C@H](N[C@H](C)C(=O)NC(C)C)c2cccs2)cc1. The number of carbonyl (C=O) groups excluding carboxylic acids is 1. The molecule has 3 nitrogen and oxygen atoms in total. The fraction of sp³-hybridized carbons (Fsp3) is 0.421. The quantitative estimate of drug-likeness (QED) is 0.808. The Kier molecular flexibility index (Phi) is 6.37. The summed E-state index contributed by atoms with van der Waals surface area (Å²) >= 11 is 1.71. The average molecular weight is 330 g/mol. The van der Waals surface area contributed by atoms with Gasteiger partial charge in [-0.3, -0.25) is 10.1 Å². The van der Waals surface area contributed by atoms with Crippen LogP contribution in [-0.4, -0.2) is 18.0 Å². The fourth-order valence-electron chi connectivity index (χ4n) is 2.48. The van der Waals surface area contributed by atoms with Crippen molar-refractivity contribution < 1.29 is 4.79 Å². The Hall–Kier alpha value is -1.65. The summed E-state index contributed by atoms with van der Waals surface area (Å²) in [7, 11) is 0. The zero-order valence-electron chi connectivity index (χ0n) is 14.3. The second kappa shape index (κ2) is 8.27. The zero-order chi connectivity index (χ0) is 16.8. The van der Waals surface area contributed by atoms with Gasteiger partial charge in [0, 0.05) is 10.9 Å². The molecule has 1 amide bonds. The number of aryl methyl sites for hydroxylation is 1. The van der Waals surface area contributed by atoms with Crippen molar-refractivity contribution in [3.8, 4) is 0 Å². The minimum absolute atomic E-state index is 0.0340. The van der Waals surface area contributed by atoms with Gasteiger partial charge in [-0.05, 0) is 49.8 Å². The van der Waals surface area contributed by atoms with Gasteiger partial charge in [0.15, 0.2) is 0 Å². The van der Waals surface area contributed by atoms with Crippen molar-refractivity contribution in [2.24, 2.45) is 0 Å². The van der Waals surface area contributed by atoms with E-state index in [2.05, 4.69) is 53.3 Å². The standard InChI is InChI=1S/C19H26N2OS/c1-5-15-8-10-16(11-9-15)18(17-7-6-12-23-17)21-14(4)19(22)20-13(2)3/h6-14,18,21H,5H2,1-4H3,(H,20,22)/t14-,18+/m1/s1. The molecule has 0 aliphatic carbocycles. The highest BCUT2D eigenvalue weighted by molar-refractivity contribution is 7.10. The van der Waals surface area contributed by atoms with Crippen molar-refractivity contribution in [3.63, 3.8) is 0 Å². The van der Waals surface area contributed by atoms with E-state index < -0.39 is 0 Å². The molecule has 1 aromatic heterocycles.